The fourth-order valence-electron chi connectivity index (χ4n) is 1.59. The highest BCUT2D eigenvalue weighted by Gasteiger charge is 2.04. The first-order chi connectivity index (χ1) is 7.33. The summed E-state index contributed by atoms with van der Waals surface area (Å²) >= 11 is 0. The van der Waals surface area contributed by atoms with Gasteiger partial charge < -0.3 is 5.21 Å². The molecule has 2 nitrogen and oxygen atoms in total. The van der Waals surface area contributed by atoms with Crippen molar-refractivity contribution in [3.8, 4) is 0 Å². The van der Waals surface area contributed by atoms with E-state index < -0.39 is 0 Å². The molecule has 0 spiro atoms. The molecule has 1 aliphatic rings. The summed E-state index contributed by atoms with van der Waals surface area (Å²) in [5, 5.41) is 10.1. The Bertz CT molecular complexity index is 242. The first kappa shape index (κ1) is 15.1. The molecule has 0 aliphatic carbocycles. The standard InChI is InChI=1S/C8H10.C5H11NO.CH4/c1-2-8-6-4-3-5-7-8;7-6-4-2-1-3-5-6;/h3-7H,2H2,1H3;7H,1-5H2;1H4. The molecule has 92 valence electrons. The maximum Gasteiger partial charge on any atom is 0.0238 e. The van der Waals surface area contributed by atoms with Crippen LogP contribution in [0.1, 0.15) is 39.2 Å². The van der Waals surface area contributed by atoms with Gasteiger partial charge in [0.2, 0.25) is 0 Å². The summed E-state index contributed by atoms with van der Waals surface area (Å²) in [6.45, 7) is 3.91. The highest BCUT2D eigenvalue weighted by atomic mass is 16.5. The second kappa shape index (κ2) is 9.37. The third kappa shape index (κ3) is 6.59. The van der Waals surface area contributed by atoms with Gasteiger partial charge in [-0.1, -0.05) is 51.1 Å². The van der Waals surface area contributed by atoms with E-state index in [1.807, 2.05) is 6.07 Å². The maximum atomic E-state index is 8.74. The largest absolute Gasteiger partial charge is 0.314 e. The topological polar surface area (TPSA) is 23.5 Å². The molecular weight excluding hydrogens is 198 g/mol. The fraction of sp³-hybridized carbons (Fsp3) is 0.571. The van der Waals surface area contributed by atoms with Crippen LogP contribution < -0.4 is 0 Å². The Labute approximate surface area is 99.9 Å². The predicted octanol–water partition coefficient (Wildman–Crippen LogP) is 3.75. The van der Waals surface area contributed by atoms with Crippen LogP contribution in [0.5, 0.6) is 0 Å². The number of nitrogens with zero attached hydrogens (tertiary/aromatic N) is 1. The third-order valence-electron chi connectivity index (χ3n) is 2.58. The molecule has 1 fully saturated rings. The van der Waals surface area contributed by atoms with Crippen LogP contribution in [0.4, 0.5) is 0 Å². The van der Waals surface area contributed by atoms with E-state index in [2.05, 4.69) is 31.2 Å². The first-order valence-corrected chi connectivity index (χ1v) is 5.80. The molecule has 2 heteroatoms. The van der Waals surface area contributed by atoms with Gasteiger partial charge in [0, 0.05) is 13.1 Å². The summed E-state index contributed by atoms with van der Waals surface area (Å²) in [7, 11) is 0. The average molecular weight is 223 g/mol. The maximum absolute atomic E-state index is 8.74. The molecular formula is C14H25NO. The summed E-state index contributed by atoms with van der Waals surface area (Å²) in [5.41, 5.74) is 1.41. The van der Waals surface area contributed by atoms with Crippen LogP contribution >= 0.6 is 0 Å². The van der Waals surface area contributed by atoms with E-state index in [-0.39, 0.29) is 7.43 Å². The Kier molecular flexibility index (Phi) is 8.87. The van der Waals surface area contributed by atoms with Crippen molar-refractivity contribution >= 4 is 0 Å². The molecule has 0 unspecified atom stereocenters. The van der Waals surface area contributed by atoms with E-state index in [1.165, 1.54) is 17.0 Å². The van der Waals surface area contributed by atoms with Crippen molar-refractivity contribution in [1.82, 2.24) is 5.06 Å². The van der Waals surface area contributed by atoms with Crippen LogP contribution in [-0.4, -0.2) is 23.4 Å². The van der Waals surface area contributed by atoms with Crippen LogP contribution in [0.15, 0.2) is 30.3 Å². The molecule has 16 heavy (non-hydrogen) atoms. The van der Waals surface area contributed by atoms with Crippen LogP contribution in [0.3, 0.4) is 0 Å². The van der Waals surface area contributed by atoms with E-state index in [4.69, 9.17) is 5.21 Å². The number of piperidine rings is 1. The molecule has 0 aromatic heterocycles. The smallest absolute Gasteiger partial charge is 0.0238 e. The van der Waals surface area contributed by atoms with Crippen molar-refractivity contribution < 1.29 is 5.21 Å². The molecule has 1 aromatic rings. The van der Waals surface area contributed by atoms with E-state index in [0.717, 1.165) is 32.4 Å². The molecule has 0 amide bonds. The quantitative estimate of drug-likeness (QED) is 0.784. The molecule has 0 saturated carbocycles. The van der Waals surface area contributed by atoms with E-state index in [1.54, 1.807) is 0 Å². The van der Waals surface area contributed by atoms with Gasteiger partial charge in [-0.2, -0.15) is 5.06 Å². The van der Waals surface area contributed by atoms with Crippen molar-refractivity contribution in [3.05, 3.63) is 35.9 Å². The Morgan fingerprint density at radius 3 is 1.94 bits per heavy atom. The predicted molar refractivity (Wildman–Crippen MR) is 69.8 cm³/mol. The molecule has 0 atom stereocenters. The summed E-state index contributed by atoms with van der Waals surface area (Å²) in [6.07, 6.45) is 4.75. The molecule has 1 aromatic carbocycles. The Balaban J connectivity index is 0.000000267. The molecule has 1 saturated heterocycles. The van der Waals surface area contributed by atoms with Crippen LogP contribution in [0, 0.1) is 0 Å². The zero-order valence-corrected chi connectivity index (χ0v) is 9.52. The molecule has 1 N–H and O–H groups in total. The van der Waals surface area contributed by atoms with Gasteiger partial charge in [-0.15, -0.1) is 0 Å². The highest BCUT2D eigenvalue weighted by molar-refractivity contribution is 5.13. The average Bonchev–Trinajstić information content (AvgIpc) is 2.32. The Morgan fingerprint density at radius 2 is 1.62 bits per heavy atom. The molecule has 2 rings (SSSR count). The number of hydrogen-bond acceptors (Lipinski definition) is 2. The van der Waals surface area contributed by atoms with E-state index in [9.17, 15) is 0 Å². The zero-order chi connectivity index (χ0) is 10.9. The lowest BCUT2D eigenvalue weighted by Gasteiger charge is -2.18. The first-order valence-electron chi connectivity index (χ1n) is 5.80. The third-order valence-corrected chi connectivity index (χ3v) is 2.58. The van der Waals surface area contributed by atoms with Crippen LogP contribution in [-0.2, 0) is 6.42 Å². The zero-order valence-electron chi connectivity index (χ0n) is 9.52. The van der Waals surface area contributed by atoms with Crippen molar-refractivity contribution in [3.63, 3.8) is 0 Å². The monoisotopic (exact) mass is 223 g/mol. The van der Waals surface area contributed by atoms with Crippen LogP contribution in [0.2, 0.25) is 0 Å². The SMILES string of the molecule is C.CCc1ccccc1.ON1CCCCC1. The number of hydrogen-bond donors (Lipinski definition) is 1. The van der Waals surface area contributed by atoms with E-state index in [0.29, 0.717) is 0 Å². The Morgan fingerprint density at radius 1 is 1.06 bits per heavy atom. The minimum absolute atomic E-state index is 0. The lowest BCUT2D eigenvalue weighted by atomic mass is 10.2. The second-order valence-electron chi connectivity index (χ2n) is 3.85. The van der Waals surface area contributed by atoms with Crippen molar-refractivity contribution in [1.29, 1.82) is 0 Å². The van der Waals surface area contributed by atoms with Gasteiger partial charge in [0.1, 0.15) is 0 Å². The summed E-state index contributed by atoms with van der Waals surface area (Å²) in [4.78, 5) is 0. The number of rotatable bonds is 1. The van der Waals surface area contributed by atoms with Gasteiger partial charge in [-0.3, -0.25) is 0 Å². The summed E-state index contributed by atoms with van der Waals surface area (Å²) in [6, 6.07) is 10.5. The summed E-state index contributed by atoms with van der Waals surface area (Å²) < 4.78 is 0. The Hall–Kier alpha value is -0.860. The minimum atomic E-state index is 0. The molecule has 0 bridgehead atoms. The number of hydroxylamine groups is 2. The van der Waals surface area contributed by atoms with Crippen molar-refractivity contribution in [2.24, 2.45) is 0 Å². The second-order valence-corrected chi connectivity index (χ2v) is 3.85. The molecule has 1 aliphatic heterocycles. The van der Waals surface area contributed by atoms with Gasteiger partial charge >= 0.3 is 0 Å². The van der Waals surface area contributed by atoms with E-state index >= 15 is 0 Å². The lowest BCUT2D eigenvalue weighted by molar-refractivity contribution is -0.103. The summed E-state index contributed by atoms with van der Waals surface area (Å²) in [5.74, 6) is 0. The van der Waals surface area contributed by atoms with Gasteiger partial charge in [0.25, 0.3) is 0 Å². The van der Waals surface area contributed by atoms with Crippen molar-refractivity contribution in [2.75, 3.05) is 13.1 Å². The van der Waals surface area contributed by atoms with Gasteiger partial charge in [0.15, 0.2) is 0 Å². The normalized spacial score (nSPS) is 15.6. The lowest BCUT2D eigenvalue weighted by Crippen LogP contribution is -2.25. The van der Waals surface area contributed by atoms with Gasteiger partial charge in [-0.05, 0) is 24.8 Å². The highest BCUT2D eigenvalue weighted by Crippen LogP contribution is 2.04. The minimum Gasteiger partial charge on any atom is -0.314 e. The molecule has 1 heterocycles. The fourth-order valence-corrected chi connectivity index (χ4v) is 1.59. The van der Waals surface area contributed by atoms with Crippen molar-refractivity contribution in [2.45, 2.75) is 40.0 Å². The number of aryl methyl sites for hydroxylation is 1. The number of benzene rings is 1. The van der Waals surface area contributed by atoms with Gasteiger partial charge in [-0.25, -0.2) is 0 Å². The van der Waals surface area contributed by atoms with Crippen LogP contribution in [0.25, 0.3) is 0 Å². The molecule has 0 radical (unpaired) electrons. The van der Waals surface area contributed by atoms with Gasteiger partial charge in [0.05, 0.1) is 0 Å².